The van der Waals surface area contributed by atoms with Gasteiger partial charge in [0.2, 0.25) is 5.97 Å². The third-order valence-electron chi connectivity index (χ3n) is 12.7. The van der Waals surface area contributed by atoms with Gasteiger partial charge in [-0.3, -0.25) is 54.2 Å². The molecule has 8 aromatic rings. The molecule has 0 fully saturated rings. The molecule has 0 aliphatic carbocycles. The zero-order valence-electron chi connectivity index (χ0n) is 49.6. The maximum absolute atomic E-state index is 13.5. The standard InChI is InChI=1S/C29H24ClN5O3.C18H15ClN4O.C11H9NO3.C4H6O4.C2H3BO2.Na/c1-2-9-24(31-16-8-17-34-27(36)21-12-6-7-13-22(21)28(34)37)26-32-25-18-19(30)14-15-23(25)29(38)35(26)33-20-10-4-3-5-11-20;1-2-6-15(20)17-21-16-11-12(19)9-10-14(16)18(24)23(17)22-13-7-4-3-5-8-13;13-7-3-6-12-10(14)8-4-1-2-5-9(8)11(12)15;1-3(5)7-8-4(2)6;1-2(4)5-3;/h1,3-7,10-15,18,24,31,33H,8-9,16-17H2;1,3-5,7-11,15,22H,6,20H2;1-2,4-5,7H,3,6H2;1-2H3;1H3;/q;;;;-1;+1/t24-;15-;;;;/m11..../s1. The second-order valence-electron chi connectivity index (χ2n) is 19.1. The Balaban J connectivity index is 0.000000241. The summed E-state index contributed by atoms with van der Waals surface area (Å²) in [4.78, 5) is 134. The number of amides is 4. The molecule has 2 aromatic heterocycles. The predicted molar refractivity (Wildman–Crippen MR) is 337 cm³/mol. The van der Waals surface area contributed by atoms with Gasteiger partial charge in [-0.2, -0.15) is 0 Å². The average molecular weight is 1280 g/mol. The van der Waals surface area contributed by atoms with Crippen molar-refractivity contribution in [1.29, 1.82) is 0 Å². The molecule has 0 spiro atoms. The van der Waals surface area contributed by atoms with Crippen molar-refractivity contribution >= 4 is 112 Å². The Morgan fingerprint density at radius 2 is 0.978 bits per heavy atom. The molecule has 0 bridgehead atoms. The van der Waals surface area contributed by atoms with Gasteiger partial charge in [0.15, 0.2) is 0 Å². The first-order chi connectivity index (χ1) is 43.2. The van der Waals surface area contributed by atoms with Crippen LogP contribution in [0, 0.1) is 24.7 Å². The summed E-state index contributed by atoms with van der Waals surface area (Å²) >= 11 is 12.2. The van der Waals surface area contributed by atoms with Crippen molar-refractivity contribution in [2.45, 2.75) is 58.5 Å². The Morgan fingerprint density at radius 1 is 0.593 bits per heavy atom. The van der Waals surface area contributed by atoms with Crippen LogP contribution in [0.15, 0.2) is 155 Å². The monoisotopic (exact) mass is 1280 g/mol. The number of hydrogen-bond donors (Lipinski definition) is 4. The number of nitrogens with one attached hydrogen (secondary N) is 3. The number of carbonyl (C=O) groups excluding carboxylic acids is 8. The zero-order chi connectivity index (χ0) is 65.4. The minimum absolute atomic E-state index is 0. The van der Waals surface area contributed by atoms with E-state index in [0.29, 0.717) is 90.7 Å². The minimum Gasteiger partial charge on any atom is -0.793 e. The van der Waals surface area contributed by atoms with Crippen LogP contribution >= 0.6 is 23.2 Å². The fourth-order valence-corrected chi connectivity index (χ4v) is 8.95. The van der Waals surface area contributed by atoms with Crippen molar-refractivity contribution in [2.24, 2.45) is 5.73 Å². The molecule has 23 nitrogen and oxygen atoms in total. The van der Waals surface area contributed by atoms with Crippen LogP contribution in [0.3, 0.4) is 0 Å². The SMILES string of the molecule is C#CC[C@@H](N)c1nc2cc(Cl)ccc2c(=O)n1Nc1ccccc1.C#CC[C@@H](NCCCN1C(=O)c2ccccc2C1=O)c1nc2cc(Cl)ccc2c(=O)n1Nc1ccccc1.CC(=O)OOC(C)=O.O=CCCN1C(=O)c2ccccc2C1=O.[B-]OC(C)=O.[Na+]. The van der Waals surface area contributed by atoms with Crippen LogP contribution in [0.1, 0.15) is 112 Å². The quantitative estimate of drug-likeness (QED) is 0.0193. The summed E-state index contributed by atoms with van der Waals surface area (Å²) in [5.74, 6) is 2.96. The van der Waals surface area contributed by atoms with Gasteiger partial charge in [-0.15, -0.1) is 24.7 Å². The van der Waals surface area contributed by atoms with Gasteiger partial charge in [0, 0.05) is 63.2 Å². The fraction of sp³-hybridized carbons (Fsp3) is 0.188. The number of nitrogens with zero attached hydrogens (tertiary/aromatic N) is 6. The zero-order valence-corrected chi connectivity index (χ0v) is 53.1. The summed E-state index contributed by atoms with van der Waals surface area (Å²) in [6.07, 6.45) is 12.9. The van der Waals surface area contributed by atoms with E-state index in [1.165, 1.54) is 21.2 Å². The van der Waals surface area contributed by atoms with E-state index in [4.69, 9.17) is 46.8 Å². The molecular formula is C64H57BCl2N10NaO13. The smallest absolute Gasteiger partial charge is 0.793 e. The summed E-state index contributed by atoms with van der Waals surface area (Å²) in [7, 11) is 4.32. The second kappa shape index (κ2) is 35.4. The minimum atomic E-state index is -0.639. The number of nitrogens with two attached hydrogens (primary N) is 1. The number of anilines is 2. The van der Waals surface area contributed by atoms with Crippen molar-refractivity contribution in [2.75, 3.05) is 30.5 Å². The molecule has 2 aliphatic heterocycles. The Hall–Kier alpha value is -9.76. The largest absolute Gasteiger partial charge is 1.00 e. The van der Waals surface area contributed by atoms with Gasteiger partial charge < -0.3 is 28.5 Å². The van der Waals surface area contributed by atoms with Crippen LogP contribution in [0.25, 0.3) is 21.8 Å². The van der Waals surface area contributed by atoms with Crippen LogP contribution in [-0.4, -0.2) is 105 Å². The van der Waals surface area contributed by atoms with Gasteiger partial charge in [-0.05, 0) is 97.9 Å². The van der Waals surface area contributed by atoms with Crippen LogP contribution in [0.2, 0.25) is 10.0 Å². The Kier molecular flexibility index (Phi) is 28.0. The predicted octanol–water partition coefficient (Wildman–Crippen LogP) is 4.75. The number of aldehydes is 1. The van der Waals surface area contributed by atoms with Gasteiger partial charge >= 0.3 is 41.5 Å². The van der Waals surface area contributed by atoms with Gasteiger partial charge in [0.1, 0.15) is 17.9 Å². The molecular weight excluding hydrogens is 1220 g/mol. The van der Waals surface area contributed by atoms with Crippen LogP contribution in [0.5, 0.6) is 0 Å². The van der Waals surface area contributed by atoms with Gasteiger partial charge in [0.05, 0.1) is 67.5 Å². The van der Waals surface area contributed by atoms with Gasteiger partial charge in [0.25, 0.3) is 34.7 Å². The Morgan fingerprint density at radius 3 is 1.36 bits per heavy atom. The number of terminal acetylenes is 2. The molecule has 4 heterocycles. The normalized spacial score (nSPS) is 12.1. The first-order valence-electron chi connectivity index (χ1n) is 27.2. The molecule has 2 aliphatic rings. The number of benzene rings is 6. The number of carbonyl (C=O) groups is 8. The van der Waals surface area contributed by atoms with E-state index >= 15 is 0 Å². The number of para-hydroxylation sites is 2. The maximum atomic E-state index is 13.5. The Bertz CT molecular complexity index is 4100. The van der Waals surface area contributed by atoms with Crippen molar-refractivity contribution in [1.82, 2.24) is 34.4 Å². The summed E-state index contributed by atoms with van der Waals surface area (Å²) in [5, 5.41) is 5.17. The number of aromatic nitrogens is 4. The van der Waals surface area contributed by atoms with E-state index < -0.39 is 30.0 Å². The molecule has 5 N–H and O–H groups in total. The summed E-state index contributed by atoms with van der Waals surface area (Å²) < 4.78 is 6.35. The van der Waals surface area contributed by atoms with Crippen LogP contribution in [0.4, 0.5) is 11.4 Å². The molecule has 0 saturated heterocycles. The van der Waals surface area contributed by atoms with Crippen LogP contribution in [-0.2, 0) is 33.6 Å². The van der Waals surface area contributed by atoms with Crippen molar-refractivity contribution in [3.63, 3.8) is 0 Å². The molecule has 0 saturated carbocycles. The first kappa shape index (κ1) is 72.0. The fourth-order valence-electron chi connectivity index (χ4n) is 8.62. The molecule has 459 valence electrons. The summed E-state index contributed by atoms with van der Waals surface area (Å²) in [6, 6.07) is 40.9. The van der Waals surface area contributed by atoms with E-state index in [1.807, 2.05) is 60.7 Å². The van der Waals surface area contributed by atoms with Crippen molar-refractivity contribution in [3.05, 3.63) is 210 Å². The van der Waals surface area contributed by atoms with E-state index in [-0.39, 0.29) is 96.7 Å². The molecule has 2 atom stereocenters. The third kappa shape index (κ3) is 19.6. The number of halogens is 2. The molecule has 3 radical (unpaired) electrons. The molecule has 6 aromatic carbocycles. The van der Waals surface area contributed by atoms with E-state index in [9.17, 15) is 47.9 Å². The van der Waals surface area contributed by atoms with E-state index in [1.54, 1.807) is 84.9 Å². The number of rotatable bonds is 16. The van der Waals surface area contributed by atoms with Crippen LogP contribution < -0.4 is 62.6 Å². The van der Waals surface area contributed by atoms with Crippen molar-refractivity contribution < 1.29 is 82.3 Å². The molecule has 91 heavy (non-hydrogen) atoms. The topological polar surface area (TPSA) is 303 Å². The van der Waals surface area contributed by atoms with Gasteiger partial charge in [-0.1, -0.05) is 83.9 Å². The maximum Gasteiger partial charge on any atom is 1.00 e. The molecule has 4 amide bonds. The van der Waals surface area contributed by atoms with Gasteiger partial charge in [-0.25, -0.2) is 38.7 Å². The number of hydrogen-bond acceptors (Lipinski definition) is 19. The number of imide groups is 2. The van der Waals surface area contributed by atoms with E-state index in [0.717, 1.165) is 24.4 Å². The Labute approximate surface area is 555 Å². The first-order valence-corrected chi connectivity index (χ1v) is 28.0. The molecule has 27 heteroatoms. The summed E-state index contributed by atoms with van der Waals surface area (Å²) in [6.45, 7) is 4.36. The third-order valence-corrected chi connectivity index (χ3v) is 13.1. The molecule has 10 rings (SSSR count). The molecule has 0 unspecified atom stereocenters. The van der Waals surface area contributed by atoms with E-state index in [2.05, 4.69) is 55.5 Å². The average Bonchev–Trinajstić information content (AvgIpc) is 1.75. The van der Waals surface area contributed by atoms with Crippen molar-refractivity contribution in [3.8, 4) is 24.7 Å². The summed E-state index contributed by atoms with van der Waals surface area (Å²) in [5.41, 5.74) is 15.8. The second-order valence-corrected chi connectivity index (χ2v) is 20.0. The number of fused-ring (bicyclic) bond motifs is 4.